The molecule has 0 amide bonds. The predicted octanol–water partition coefficient (Wildman–Crippen LogP) is 3.96. The molecule has 1 rings (SSSR count). The van der Waals surface area contributed by atoms with E-state index in [1.54, 1.807) is 11.8 Å². The lowest BCUT2D eigenvalue weighted by atomic mass is 9.84. The quantitative estimate of drug-likeness (QED) is 0.385. The normalized spacial score (nSPS) is 23.2. The molecule has 1 saturated carbocycles. The summed E-state index contributed by atoms with van der Waals surface area (Å²) in [6.07, 6.45) is 8.40. The molecule has 0 radical (unpaired) electrons. The lowest BCUT2D eigenvalue weighted by Crippen LogP contribution is -2.29. The van der Waals surface area contributed by atoms with Crippen LogP contribution in [0.1, 0.15) is 39.0 Å². The van der Waals surface area contributed by atoms with Crippen molar-refractivity contribution in [1.29, 1.82) is 0 Å². The standard InChI is InChI=1S/C9H17N3S/c1-9(13-2,11-12-10)8-6-4-3-5-7-8/h8H,3-7H2,1-2H3. The Kier molecular flexibility index (Phi) is 3.94. The minimum Gasteiger partial charge on any atom is -0.153 e. The summed E-state index contributed by atoms with van der Waals surface area (Å²) < 4.78 is 0. The highest BCUT2D eigenvalue weighted by Gasteiger charge is 2.33. The SMILES string of the molecule is CSC(C)(N=[N+]=[N-])C1CCCCC1. The van der Waals surface area contributed by atoms with Crippen molar-refractivity contribution in [2.45, 2.75) is 43.9 Å². The second-order valence-electron chi connectivity index (χ2n) is 3.78. The van der Waals surface area contributed by atoms with Crippen LogP contribution in [0, 0.1) is 5.92 Å². The monoisotopic (exact) mass is 199 g/mol. The summed E-state index contributed by atoms with van der Waals surface area (Å²) in [7, 11) is 0. The molecule has 0 aliphatic heterocycles. The Morgan fingerprint density at radius 2 is 2.00 bits per heavy atom. The molecule has 0 aromatic carbocycles. The van der Waals surface area contributed by atoms with E-state index >= 15 is 0 Å². The zero-order valence-corrected chi connectivity index (χ0v) is 9.18. The van der Waals surface area contributed by atoms with Crippen molar-refractivity contribution in [2.75, 3.05) is 6.26 Å². The number of hydrogen-bond donors (Lipinski definition) is 0. The summed E-state index contributed by atoms with van der Waals surface area (Å²) >= 11 is 1.68. The van der Waals surface area contributed by atoms with Crippen LogP contribution in [0.4, 0.5) is 0 Å². The number of azide groups is 1. The van der Waals surface area contributed by atoms with Crippen LogP contribution >= 0.6 is 11.8 Å². The minimum atomic E-state index is -0.213. The highest BCUT2D eigenvalue weighted by molar-refractivity contribution is 7.99. The summed E-state index contributed by atoms with van der Waals surface area (Å²) in [5.74, 6) is 0.576. The Morgan fingerprint density at radius 1 is 1.38 bits per heavy atom. The smallest absolute Gasteiger partial charge is 0.0941 e. The molecule has 1 unspecified atom stereocenters. The van der Waals surface area contributed by atoms with E-state index in [1.165, 1.54) is 32.1 Å². The van der Waals surface area contributed by atoms with Crippen LogP contribution in [0.5, 0.6) is 0 Å². The first kappa shape index (κ1) is 10.7. The molecule has 3 nitrogen and oxygen atoms in total. The van der Waals surface area contributed by atoms with Gasteiger partial charge in [0.1, 0.15) is 0 Å². The molecule has 0 N–H and O–H groups in total. The summed E-state index contributed by atoms with van der Waals surface area (Å²) in [5.41, 5.74) is 8.51. The molecular weight excluding hydrogens is 182 g/mol. The first-order chi connectivity index (χ1) is 6.23. The first-order valence-corrected chi connectivity index (χ1v) is 6.07. The minimum absolute atomic E-state index is 0.213. The molecule has 0 aromatic heterocycles. The van der Waals surface area contributed by atoms with Gasteiger partial charge in [0, 0.05) is 4.91 Å². The van der Waals surface area contributed by atoms with Crippen LogP contribution in [-0.2, 0) is 0 Å². The van der Waals surface area contributed by atoms with Crippen LogP contribution < -0.4 is 0 Å². The molecule has 1 aliphatic carbocycles. The van der Waals surface area contributed by atoms with Gasteiger partial charge in [-0.2, -0.15) is 11.8 Å². The highest BCUT2D eigenvalue weighted by atomic mass is 32.2. The first-order valence-electron chi connectivity index (χ1n) is 4.84. The molecule has 0 aromatic rings. The van der Waals surface area contributed by atoms with Gasteiger partial charge >= 0.3 is 0 Å². The van der Waals surface area contributed by atoms with Crippen LogP contribution in [0.25, 0.3) is 10.4 Å². The molecule has 74 valence electrons. The van der Waals surface area contributed by atoms with Crippen LogP contribution in [-0.4, -0.2) is 11.1 Å². The molecule has 1 aliphatic rings. The lowest BCUT2D eigenvalue weighted by Gasteiger charge is -2.34. The van der Waals surface area contributed by atoms with Gasteiger partial charge in [0.2, 0.25) is 0 Å². The summed E-state index contributed by atoms with van der Waals surface area (Å²) in [5, 5.41) is 3.94. The van der Waals surface area contributed by atoms with E-state index in [-0.39, 0.29) is 4.87 Å². The Bertz CT molecular complexity index is 207. The van der Waals surface area contributed by atoms with Crippen molar-refractivity contribution in [3.63, 3.8) is 0 Å². The molecule has 0 bridgehead atoms. The Hall–Kier alpha value is -0.340. The van der Waals surface area contributed by atoms with Gasteiger partial charge in [0.25, 0.3) is 0 Å². The summed E-state index contributed by atoms with van der Waals surface area (Å²) in [6.45, 7) is 2.06. The van der Waals surface area contributed by atoms with Gasteiger partial charge in [-0.15, -0.1) is 0 Å². The van der Waals surface area contributed by atoms with E-state index in [2.05, 4.69) is 16.9 Å². The maximum absolute atomic E-state index is 8.51. The third-order valence-corrected chi connectivity index (χ3v) is 4.26. The second-order valence-corrected chi connectivity index (χ2v) is 5.02. The average Bonchev–Trinajstić information content (AvgIpc) is 2.19. The molecule has 1 fully saturated rings. The Balaban J connectivity index is 2.67. The second kappa shape index (κ2) is 4.77. The van der Waals surface area contributed by atoms with Crippen molar-refractivity contribution >= 4 is 11.8 Å². The number of rotatable bonds is 3. The van der Waals surface area contributed by atoms with Gasteiger partial charge in [0.05, 0.1) is 4.87 Å². The Labute approximate surface area is 83.9 Å². The van der Waals surface area contributed by atoms with Gasteiger partial charge in [-0.05, 0) is 37.5 Å². The van der Waals surface area contributed by atoms with Gasteiger partial charge < -0.3 is 0 Å². The molecule has 0 heterocycles. The van der Waals surface area contributed by atoms with Crippen molar-refractivity contribution in [3.05, 3.63) is 10.4 Å². The molecule has 4 heteroatoms. The van der Waals surface area contributed by atoms with Gasteiger partial charge in [-0.3, -0.25) is 0 Å². The largest absolute Gasteiger partial charge is 0.153 e. The molecular formula is C9H17N3S. The van der Waals surface area contributed by atoms with Crippen molar-refractivity contribution in [2.24, 2.45) is 11.0 Å². The van der Waals surface area contributed by atoms with E-state index in [4.69, 9.17) is 5.53 Å². The van der Waals surface area contributed by atoms with Gasteiger partial charge in [-0.25, -0.2) is 0 Å². The van der Waals surface area contributed by atoms with E-state index in [1.807, 2.05) is 6.26 Å². The van der Waals surface area contributed by atoms with Crippen LogP contribution in [0.15, 0.2) is 5.11 Å². The maximum atomic E-state index is 8.51. The Morgan fingerprint density at radius 3 is 2.46 bits per heavy atom. The van der Waals surface area contributed by atoms with Crippen molar-refractivity contribution in [3.8, 4) is 0 Å². The number of nitrogens with zero attached hydrogens (tertiary/aromatic N) is 3. The third kappa shape index (κ3) is 2.55. The highest BCUT2D eigenvalue weighted by Crippen LogP contribution is 2.41. The molecule has 13 heavy (non-hydrogen) atoms. The molecule has 0 spiro atoms. The lowest BCUT2D eigenvalue weighted by molar-refractivity contribution is 0.295. The average molecular weight is 199 g/mol. The van der Waals surface area contributed by atoms with Crippen molar-refractivity contribution < 1.29 is 0 Å². The summed E-state index contributed by atoms with van der Waals surface area (Å²) in [4.78, 5) is 2.74. The molecule has 0 saturated heterocycles. The fourth-order valence-electron chi connectivity index (χ4n) is 2.02. The number of hydrogen-bond acceptors (Lipinski definition) is 2. The fraction of sp³-hybridized carbons (Fsp3) is 1.00. The topological polar surface area (TPSA) is 48.8 Å². The zero-order chi connectivity index (χ0) is 9.73. The predicted molar refractivity (Wildman–Crippen MR) is 57.6 cm³/mol. The van der Waals surface area contributed by atoms with Gasteiger partial charge in [0.15, 0.2) is 0 Å². The van der Waals surface area contributed by atoms with E-state index in [0.29, 0.717) is 5.92 Å². The van der Waals surface area contributed by atoms with Crippen molar-refractivity contribution in [1.82, 2.24) is 0 Å². The summed E-state index contributed by atoms with van der Waals surface area (Å²) in [6, 6.07) is 0. The van der Waals surface area contributed by atoms with Crippen LogP contribution in [0.2, 0.25) is 0 Å². The van der Waals surface area contributed by atoms with E-state index in [9.17, 15) is 0 Å². The molecule has 1 atom stereocenters. The van der Waals surface area contributed by atoms with Crippen LogP contribution in [0.3, 0.4) is 0 Å². The zero-order valence-electron chi connectivity index (χ0n) is 8.36. The number of thioether (sulfide) groups is 1. The van der Waals surface area contributed by atoms with Gasteiger partial charge in [-0.1, -0.05) is 24.4 Å². The fourth-order valence-corrected chi connectivity index (χ4v) is 2.70. The third-order valence-electron chi connectivity index (χ3n) is 3.02. The van der Waals surface area contributed by atoms with E-state index < -0.39 is 0 Å². The maximum Gasteiger partial charge on any atom is 0.0941 e. The van der Waals surface area contributed by atoms with E-state index in [0.717, 1.165) is 0 Å².